The van der Waals surface area contributed by atoms with Gasteiger partial charge in [0.25, 0.3) is 0 Å². The lowest BCUT2D eigenvalue weighted by Gasteiger charge is -2.08. The summed E-state index contributed by atoms with van der Waals surface area (Å²) in [7, 11) is 0. The maximum atomic E-state index is 11.2. The van der Waals surface area contributed by atoms with E-state index < -0.39 is 5.91 Å². The van der Waals surface area contributed by atoms with Crippen LogP contribution < -0.4 is 5.73 Å². The lowest BCUT2D eigenvalue weighted by atomic mass is 9.99. The fourth-order valence-corrected chi connectivity index (χ4v) is 2.21. The Morgan fingerprint density at radius 2 is 1.76 bits per heavy atom. The molecular formula is C14H12ClNO. The Hall–Kier alpha value is -1.80. The number of rotatable bonds is 2. The quantitative estimate of drug-likeness (QED) is 0.866. The molecule has 0 saturated carbocycles. The van der Waals surface area contributed by atoms with Crippen LogP contribution in [0.4, 0.5) is 0 Å². The number of benzene rings is 2. The smallest absolute Gasteiger partial charge is 0.250 e. The van der Waals surface area contributed by atoms with Crippen LogP contribution in [0.3, 0.4) is 0 Å². The molecule has 86 valence electrons. The van der Waals surface area contributed by atoms with Gasteiger partial charge in [0.15, 0.2) is 0 Å². The Morgan fingerprint density at radius 1 is 1.12 bits per heavy atom. The number of hydrogen-bond donors (Lipinski definition) is 1. The molecule has 17 heavy (non-hydrogen) atoms. The number of primary amides is 1. The molecule has 0 aliphatic rings. The van der Waals surface area contributed by atoms with Gasteiger partial charge in [0.05, 0.1) is 10.6 Å². The number of carbonyl (C=O) groups is 1. The number of halogens is 1. The minimum atomic E-state index is -0.493. The lowest BCUT2D eigenvalue weighted by Crippen LogP contribution is -2.13. The highest BCUT2D eigenvalue weighted by atomic mass is 35.5. The molecule has 2 aromatic carbocycles. The maximum absolute atomic E-state index is 11.2. The largest absolute Gasteiger partial charge is 0.366 e. The van der Waals surface area contributed by atoms with Gasteiger partial charge >= 0.3 is 0 Å². The van der Waals surface area contributed by atoms with Crippen LogP contribution in [0.1, 0.15) is 15.9 Å². The highest BCUT2D eigenvalue weighted by Crippen LogP contribution is 2.28. The molecular weight excluding hydrogens is 234 g/mol. The highest BCUT2D eigenvalue weighted by molar-refractivity contribution is 6.34. The Bertz CT molecular complexity index is 541. The molecule has 0 heterocycles. The highest BCUT2D eigenvalue weighted by Gasteiger charge is 2.12. The van der Waals surface area contributed by atoms with Crippen LogP contribution in [-0.4, -0.2) is 5.91 Å². The van der Waals surface area contributed by atoms with Crippen molar-refractivity contribution in [2.45, 2.75) is 6.92 Å². The molecule has 0 bridgehead atoms. The summed E-state index contributed by atoms with van der Waals surface area (Å²) in [6, 6.07) is 13.5. The number of hydrogen-bond acceptors (Lipinski definition) is 1. The first-order valence-electron chi connectivity index (χ1n) is 5.25. The lowest BCUT2D eigenvalue weighted by molar-refractivity contribution is 0.1000. The van der Waals surface area contributed by atoms with E-state index >= 15 is 0 Å². The Balaban J connectivity index is 2.57. The fraction of sp³-hybridized carbons (Fsp3) is 0.0714. The molecule has 2 N–H and O–H groups in total. The van der Waals surface area contributed by atoms with Gasteiger partial charge in [-0.05, 0) is 29.7 Å². The van der Waals surface area contributed by atoms with E-state index in [1.54, 1.807) is 6.07 Å². The maximum Gasteiger partial charge on any atom is 0.250 e. The second-order valence-corrected chi connectivity index (χ2v) is 4.29. The van der Waals surface area contributed by atoms with Crippen molar-refractivity contribution in [3.63, 3.8) is 0 Å². The summed E-state index contributed by atoms with van der Waals surface area (Å²) < 4.78 is 0. The molecule has 0 aromatic heterocycles. The van der Waals surface area contributed by atoms with E-state index in [0.29, 0.717) is 10.6 Å². The molecule has 1 amide bonds. The van der Waals surface area contributed by atoms with E-state index in [0.717, 1.165) is 16.7 Å². The van der Waals surface area contributed by atoms with E-state index in [1.165, 1.54) is 0 Å². The van der Waals surface area contributed by atoms with Crippen LogP contribution in [0.25, 0.3) is 11.1 Å². The van der Waals surface area contributed by atoms with Crippen molar-refractivity contribution in [3.05, 3.63) is 58.6 Å². The van der Waals surface area contributed by atoms with E-state index in [1.807, 2.05) is 43.3 Å². The number of carbonyl (C=O) groups excluding carboxylic acids is 1. The van der Waals surface area contributed by atoms with Gasteiger partial charge in [-0.1, -0.05) is 48.0 Å². The molecule has 0 aliphatic heterocycles. The first-order chi connectivity index (χ1) is 8.09. The summed E-state index contributed by atoms with van der Waals surface area (Å²) in [4.78, 5) is 11.2. The summed E-state index contributed by atoms with van der Waals surface area (Å²) in [5.74, 6) is -0.493. The topological polar surface area (TPSA) is 43.1 Å². The standard InChI is InChI=1S/C14H12ClNO/c1-9-7-11(10-5-3-2-4-6-10)8-12(15)13(9)14(16)17/h2-8H,1H3,(H2,16,17). The zero-order valence-electron chi connectivity index (χ0n) is 9.41. The number of nitrogens with two attached hydrogens (primary N) is 1. The minimum absolute atomic E-state index is 0.395. The summed E-state index contributed by atoms with van der Waals surface area (Å²) in [6.45, 7) is 1.83. The predicted octanol–water partition coefficient (Wildman–Crippen LogP) is 3.41. The minimum Gasteiger partial charge on any atom is -0.366 e. The predicted molar refractivity (Wildman–Crippen MR) is 70.1 cm³/mol. The molecule has 2 nitrogen and oxygen atoms in total. The zero-order chi connectivity index (χ0) is 12.4. The molecule has 0 saturated heterocycles. The molecule has 0 unspecified atom stereocenters. The second kappa shape index (κ2) is 4.60. The van der Waals surface area contributed by atoms with Gasteiger partial charge in [0.2, 0.25) is 5.91 Å². The Morgan fingerprint density at radius 3 is 2.29 bits per heavy atom. The molecule has 0 spiro atoms. The normalized spacial score (nSPS) is 10.2. The van der Waals surface area contributed by atoms with E-state index in [4.69, 9.17) is 17.3 Å². The average molecular weight is 246 g/mol. The molecule has 2 aromatic rings. The van der Waals surface area contributed by atoms with Gasteiger partial charge in [-0.15, -0.1) is 0 Å². The first-order valence-corrected chi connectivity index (χ1v) is 5.63. The third-order valence-corrected chi connectivity index (χ3v) is 2.94. The fourth-order valence-electron chi connectivity index (χ4n) is 1.85. The molecule has 0 aliphatic carbocycles. The van der Waals surface area contributed by atoms with Gasteiger partial charge in [-0.25, -0.2) is 0 Å². The van der Waals surface area contributed by atoms with E-state index in [2.05, 4.69) is 0 Å². The van der Waals surface area contributed by atoms with Crippen molar-refractivity contribution in [2.24, 2.45) is 5.73 Å². The Labute approximate surface area is 105 Å². The van der Waals surface area contributed by atoms with Gasteiger partial charge in [0, 0.05) is 0 Å². The van der Waals surface area contributed by atoms with Crippen molar-refractivity contribution < 1.29 is 4.79 Å². The first kappa shape index (κ1) is 11.7. The monoisotopic (exact) mass is 245 g/mol. The van der Waals surface area contributed by atoms with Crippen molar-refractivity contribution >= 4 is 17.5 Å². The van der Waals surface area contributed by atoms with Gasteiger partial charge in [-0.2, -0.15) is 0 Å². The van der Waals surface area contributed by atoms with Crippen molar-refractivity contribution in [1.82, 2.24) is 0 Å². The van der Waals surface area contributed by atoms with Crippen molar-refractivity contribution in [2.75, 3.05) is 0 Å². The summed E-state index contributed by atoms with van der Waals surface area (Å²) in [6.07, 6.45) is 0. The second-order valence-electron chi connectivity index (χ2n) is 3.88. The molecule has 0 radical (unpaired) electrons. The molecule has 0 atom stereocenters. The van der Waals surface area contributed by atoms with E-state index in [9.17, 15) is 4.79 Å². The van der Waals surface area contributed by atoms with Crippen LogP contribution >= 0.6 is 11.6 Å². The molecule has 0 fully saturated rings. The molecule has 3 heteroatoms. The van der Waals surface area contributed by atoms with Crippen molar-refractivity contribution in [1.29, 1.82) is 0 Å². The van der Waals surface area contributed by atoms with Crippen LogP contribution in [0, 0.1) is 6.92 Å². The van der Waals surface area contributed by atoms with Gasteiger partial charge < -0.3 is 5.73 Å². The number of amides is 1. The van der Waals surface area contributed by atoms with Gasteiger partial charge in [-0.3, -0.25) is 4.79 Å². The van der Waals surface area contributed by atoms with Crippen molar-refractivity contribution in [3.8, 4) is 11.1 Å². The zero-order valence-corrected chi connectivity index (χ0v) is 10.2. The average Bonchev–Trinajstić information content (AvgIpc) is 2.28. The van der Waals surface area contributed by atoms with E-state index in [-0.39, 0.29) is 0 Å². The summed E-state index contributed by atoms with van der Waals surface area (Å²) in [5, 5.41) is 0.399. The Kier molecular flexibility index (Phi) is 3.16. The number of aryl methyl sites for hydroxylation is 1. The SMILES string of the molecule is Cc1cc(-c2ccccc2)cc(Cl)c1C(N)=O. The third-order valence-electron chi connectivity index (χ3n) is 2.64. The van der Waals surface area contributed by atoms with Crippen LogP contribution in [0.15, 0.2) is 42.5 Å². The van der Waals surface area contributed by atoms with Crippen LogP contribution in [0.5, 0.6) is 0 Å². The van der Waals surface area contributed by atoms with Gasteiger partial charge in [0.1, 0.15) is 0 Å². The third kappa shape index (κ3) is 2.32. The van der Waals surface area contributed by atoms with Crippen LogP contribution in [0.2, 0.25) is 5.02 Å². The summed E-state index contributed by atoms with van der Waals surface area (Å²) >= 11 is 6.08. The summed E-state index contributed by atoms with van der Waals surface area (Å²) in [5.41, 5.74) is 8.52. The van der Waals surface area contributed by atoms with Crippen LogP contribution in [-0.2, 0) is 0 Å². The molecule has 2 rings (SSSR count).